The Hall–Kier alpha value is -2.41. The summed E-state index contributed by atoms with van der Waals surface area (Å²) in [5.74, 6) is 1.84. The van der Waals surface area contributed by atoms with E-state index >= 15 is 0 Å². The fourth-order valence-corrected chi connectivity index (χ4v) is 5.01. The van der Waals surface area contributed by atoms with Crippen LogP contribution in [0.15, 0.2) is 23.0 Å². The molecule has 0 bridgehead atoms. The summed E-state index contributed by atoms with van der Waals surface area (Å²) in [6.45, 7) is -0.576. The van der Waals surface area contributed by atoms with Crippen LogP contribution < -0.4 is 15.0 Å². The van der Waals surface area contributed by atoms with Crippen LogP contribution in [0.5, 0.6) is 11.5 Å². The topological polar surface area (TPSA) is 53.3 Å². The smallest absolute Gasteiger partial charge is 0.262 e. The number of halogens is 1. The molecule has 0 saturated carbocycles. The SMILES string of the molecule is COc1ccc(Cc2nc3sc4c(c3c(=O)n2CCF)CCC4)cc1OC. The van der Waals surface area contributed by atoms with Gasteiger partial charge in [0.25, 0.3) is 5.56 Å². The number of aromatic nitrogens is 2. The second-order valence-corrected chi connectivity index (χ2v) is 7.66. The standard InChI is InChI=1S/C20H21FN2O3S/c1-25-14-7-6-12(10-15(14)26-2)11-17-22-19-18(20(24)23(17)9-8-21)13-4-3-5-16(13)27-19/h6-7,10H,3-5,8-9,11H2,1-2H3. The van der Waals surface area contributed by atoms with Gasteiger partial charge in [0.15, 0.2) is 11.5 Å². The first kappa shape index (κ1) is 18.0. The first-order chi connectivity index (χ1) is 13.2. The lowest BCUT2D eigenvalue weighted by Crippen LogP contribution is -2.26. The van der Waals surface area contributed by atoms with E-state index in [1.54, 1.807) is 25.6 Å². The third kappa shape index (κ3) is 3.10. The minimum Gasteiger partial charge on any atom is -0.493 e. The van der Waals surface area contributed by atoms with E-state index in [9.17, 15) is 9.18 Å². The Morgan fingerprint density at radius 3 is 2.78 bits per heavy atom. The maximum atomic E-state index is 13.2. The summed E-state index contributed by atoms with van der Waals surface area (Å²) in [7, 11) is 3.17. The molecule has 0 aliphatic heterocycles. The lowest BCUT2D eigenvalue weighted by Gasteiger charge is -2.13. The van der Waals surface area contributed by atoms with Crippen LogP contribution in [0.25, 0.3) is 10.2 Å². The van der Waals surface area contributed by atoms with Crippen LogP contribution in [0.4, 0.5) is 4.39 Å². The van der Waals surface area contributed by atoms with E-state index in [-0.39, 0.29) is 12.1 Å². The van der Waals surface area contributed by atoms with Gasteiger partial charge in [0.2, 0.25) is 0 Å². The van der Waals surface area contributed by atoms with Gasteiger partial charge in [-0.2, -0.15) is 0 Å². The molecule has 0 atom stereocenters. The van der Waals surface area contributed by atoms with Gasteiger partial charge in [-0.3, -0.25) is 9.36 Å². The molecule has 1 aliphatic rings. The largest absolute Gasteiger partial charge is 0.493 e. The molecule has 0 fully saturated rings. The number of alkyl halides is 1. The zero-order chi connectivity index (χ0) is 19.0. The summed E-state index contributed by atoms with van der Waals surface area (Å²) < 4.78 is 25.3. The number of nitrogens with zero attached hydrogens (tertiary/aromatic N) is 2. The van der Waals surface area contributed by atoms with Gasteiger partial charge in [-0.05, 0) is 42.5 Å². The Morgan fingerprint density at radius 1 is 1.22 bits per heavy atom. The van der Waals surface area contributed by atoms with E-state index in [1.165, 1.54) is 9.44 Å². The van der Waals surface area contributed by atoms with Crippen molar-refractivity contribution >= 4 is 21.6 Å². The predicted molar refractivity (Wildman–Crippen MR) is 104 cm³/mol. The van der Waals surface area contributed by atoms with Crippen LogP contribution in [0, 0.1) is 0 Å². The van der Waals surface area contributed by atoms with E-state index in [2.05, 4.69) is 0 Å². The average Bonchev–Trinajstić information content (AvgIpc) is 3.25. The Kier molecular flexibility index (Phi) is 4.86. The monoisotopic (exact) mass is 388 g/mol. The molecule has 1 aromatic carbocycles. The Labute approximate surface area is 160 Å². The fraction of sp³-hybridized carbons (Fsp3) is 0.400. The minimum atomic E-state index is -0.599. The molecule has 4 rings (SSSR count). The van der Waals surface area contributed by atoms with Crippen LogP contribution in [-0.4, -0.2) is 30.4 Å². The number of thiophene rings is 1. The molecule has 0 spiro atoms. The van der Waals surface area contributed by atoms with Gasteiger partial charge in [0.1, 0.15) is 17.3 Å². The van der Waals surface area contributed by atoms with Gasteiger partial charge >= 0.3 is 0 Å². The summed E-state index contributed by atoms with van der Waals surface area (Å²) in [5, 5.41) is 0.692. The van der Waals surface area contributed by atoms with Crippen molar-refractivity contribution in [3.05, 3.63) is 50.4 Å². The number of methoxy groups -OCH3 is 2. The number of aryl methyl sites for hydroxylation is 2. The molecule has 5 nitrogen and oxygen atoms in total. The Bertz CT molecular complexity index is 1060. The molecule has 0 unspecified atom stereocenters. The zero-order valence-electron chi connectivity index (χ0n) is 15.4. The van der Waals surface area contributed by atoms with Gasteiger partial charge < -0.3 is 9.47 Å². The van der Waals surface area contributed by atoms with Gasteiger partial charge in [0.05, 0.1) is 26.2 Å². The highest BCUT2D eigenvalue weighted by Crippen LogP contribution is 2.35. The van der Waals surface area contributed by atoms with Crippen molar-refractivity contribution in [1.82, 2.24) is 9.55 Å². The number of hydrogen-bond acceptors (Lipinski definition) is 5. The number of fused-ring (bicyclic) bond motifs is 3. The molecule has 0 radical (unpaired) electrons. The van der Waals surface area contributed by atoms with E-state index in [1.807, 2.05) is 18.2 Å². The molecule has 3 aromatic rings. The summed E-state index contributed by atoms with van der Waals surface area (Å²) in [4.78, 5) is 19.9. The normalized spacial score (nSPS) is 13.1. The van der Waals surface area contributed by atoms with Crippen molar-refractivity contribution in [3.63, 3.8) is 0 Å². The molecular weight excluding hydrogens is 367 g/mol. The first-order valence-electron chi connectivity index (χ1n) is 8.97. The summed E-state index contributed by atoms with van der Waals surface area (Å²) in [6, 6.07) is 5.60. The van der Waals surface area contributed by atoms with Gasteiger partial charge in [-0.25, -0.2) is 9.37 Å². The number of hydrogen-bond donors (Lipinski definition) is 0. The van der Waals surface area contributed by atoms with Crippen LogP contribution in [0.3, 0.4) is 0 Å². The van der Waals surface area contributed by atoms with Crippen LogP contribution in [0.1, 0.15) is 28.2 Å². The van der Waals surface area contributed by atoms with Crippen molar-refractivity contribution in [2.24, 2.45) is 0 Å². The summed E-state index contributed by atoms with van der Waals surface area (Å²) >= 11 is 1.60. The van der Waals surface area contributed by atoms with E-state index < -0.39 is 6.67 Å². The molecule has 27 heavy (non-hydrogen) atoms. The molecule has 2 aromatic heterocycles. The molecular formula is C20H21FN2O3S. The lowest BCUT2D eigenvalue weighted by molar-refractivity contribution is 0.354. The summed E-state index contributed by atoms with van der Waals surface area (Å²) in [5.41, 5.74) is 1.93. The van der Waals surface area contributed by atoms with Gasteiger partial charge in [-0.1, -0.05) is 6.07 Å². The van der Waals surface area contributed by atoms with Gasteiger partial charge in [0, 0.05) is 11.3 Å². The van der Waals surface area contributed by atoms with E-state index in [0.717, 1.165) is 35.2 Å². The highest BCUT2D eigenvalue weighted by Gasteiger charge is 2.23. The summed E-state index contributed by atoms with van der Waals surface area (Å²) in [6.07, 6.45) is 3.42. The zero-order valence-corrected chi connectivity index (χ0v) is 16.2. The third-order valence-electron chi connectivity index (χ3n) is 5.02. The second-order valence-electron chi connectivity index (χ2n) is 6.58. The Morgan fingerprint density at radius 2 is 2.04 bits per heavy atom. The number of ether oxygens (including phenoxy) is 2. The molecule has 1 aliphatic carbocycles. The highest BCUT2D eigenvalue weighted by atomic mass is 32.1. The maximum Gasteiger partial charge on any atom is 0.262 e. The van der Waals surface area contributed by atoms with Crippen molar-refractivity contribution < 1.29 is 13.9 Å². The second kappa shape index (κ2) is 7.31. The number of rotatable bonds is 6. The fourth-order valence-electron chi connectivity index (χ4n) is 3.74. The van der Waals surface area contributed by atoms with Crippen molar-refractivity contribution in [2.45, 2.75) is 32.2 Å². The van der Waals surface area contributed by atoms with Crippen molar-refractivity contribution in [2.75, 3.05) is 20.9 Å². The quantitative estimate of drug-likeness (QED) is 0.648. The van der Waals surface area contributed by atoms with Gasteiger partial charge in [-0.15, -0.1) is 11.3 Å². The highest BCUT2D eigenvalue weighted by molar-refractivity contribution is 7.18. The Balaban J connectivity index is 1.81. The molecule has 0 saturated heterocycles. The van der Waals surface area contributed by atoms with Crippen LogP contribution in [-0.2, 0) is 25.8 Å². The van der Waals surface area contributed by atoms with Crippen molar-refractivity contribution in [3.8, 4) is 11.5 Å². The minimum absolute atomic E-state index is 0.0228. The molecule has 0 N–H and O–H groups in total. The van der Waals surface area contributed by atoms with Crippen LogP contribution >= 0.6 is 11.3 Å². The predicted octanol–water partition coefficient (Wildman–Crippen LogP) is 3.52. The van der Waals surface area contributed by atoms with Crippen molar-refractivity contribution in [1.29, 1.82) is 0 Å². The molecule has 7 heteroatoms. The molecule has 0 amide bonds. The van der Waals surface area contributed by atoms with E-state index in [4.69, 9.17) is 14.5 Å². The van der Waals surface area contributed by atoms with Crippen LogP contribution in [0.2, 0.25) is 0 Å². The lowest BCUT2D eigenvalue weighted by atomic mass is 10.1. The first-order valence-corrected chi connectivity index (χ1v) is 9.78. The molecule has 2 heterocycles. The third-order valence-corrected chi connectivity index (χ3v) is 6.21. The van der Waals surface area contributed by atoms with E-state index in [0.29, 0.717) is 29.1 Å². The average molecular weight is 388 g/mol. The number of benzene rings is 1. The molecule has 142 valence electrons. The maximum absolute atomic E-state index is 13.2.